The standard InChI is InChI=1S/C18H26N4O2S/c1-18(2,3)22(11-7-4-8-12-24-16(19)23)17-21-15(13-25-17)14-9-5-6-10-20-14/h5-6,9-10,13H,4,7-8,11-12H2,1-3H3,(H2,19,23). The Bertz CT molecular complexity index is 667. The van der Waals surface area contributed by atoms with Gasteiger partial charge in [0.2, 0.25) is 0 Å². The number of carbonyl (C=O) groups excluding carboxylic acids is 1. The second kappa shape index (κ2) is 8.80. The normalized spacial score (nSPS) is 11.3. The van der Waals surface area contributed by atoms with Crippen LogP contribution in [0.2, 0.25) is 0 Å². The van der Waals surface area contributed by atoms with E-state index < -0.39 is 6.09 Å². The molecule has 2 heterocycles. The van der Waals surface area contributed by atoms with Crippen LogP contribution in [0.25, 0.3) is 11.4 Å². The van der Waals surface area contributed by atoms with Crippen LogP contribution >= 0.6 is 11.3 Å². The zero-order valence-corrected chi connectivity index (χ0v) is 15.9. The Kier molecular flexibility index (Phi) is 6.75. The number of pyridine rings is 1. The van der Waals surface area contributed by atoms with E-state index in [0.717, 1.165) is 42.3 Å². The number of hydrogen-bond donors (Lipinski definition) is 1. The third-order valence-corrected chi connectivity index (χ3v) is 4.59. The Morgan fingerprint density at radius 3 is 2.68 bits per heavy atom. The summed E-state index contributed by atoms with van der Waals surface area (Å²) in [6, 6.07) is 5.84. The van der Waals surface area contributed by atoms with Gasteiger partial charge in [-0.2, -0.15) is 0 Å². The highest BCUT2D eigenvalue weighted by Gasteiger charge is 2.24. The van der Waals surface area contributed by atoms with E-state index in [1.807, 2.05) is 18.2 Å². The summed E-state index contributed by atoms with van der Waals surface area (Å²) in [5, 5.41) is 3.05. The number of hydrogen-bond acceptors (Lipinski definition) is 6. The fraction of sp³-hybridized carbons (Fsp3) is 0.500. The third kappa shape index (κ3) is 6.01. The molecule has 0 aliphatic carbocycles. The number of thiazole rings is 1. The molecule has 2 aromatic rings. The number of anilines is 1. The van der Waals surface area contributed by atoms with E-state index in [2.05, 4.69) is 36.0 Å². The summed E-state index contributed by atoms with van der Waals surface area (Å²) in [5.41, 5.74) is 6.73. The number of ether oxygens (including phenoxy) is 1. The largest absolute Gasteiger partial charge is 0.450 e. The van der Waals surface area contributed by atoms with E-state index in [0.29, 0.717) is 6.61 Å². The summed E-state index contributed by atoms with van der Waals surface area (Å²) in [7, 11) is 0. The average Bonchev–Trinajstić information content (AvgIpc) is 3.03. The quantitative estimate of drug-likeness (QED) is 0.716. The Hall–Kier alpha value is -2.15. The van der Waals surface area contributed by atoms with Gasteiger partial charge in [0.25, 0.3) is 0 Å². The maximum absolute atomic E-state index is 10.6. The summed E-state index contributed by atoms with van der Waals surface area (Å²) in [6.07, 6.45) is 3.86. The van der Waals surface area contributed by atoms with Crippen LogP contribution in [0.5, 0.6) is 0 Å². The van der Waals surface area contributed by atoms with Crippen LogP contribution in [-0.4, -0.2) is 34.8 Å². The van der Waals surface area contributed by atoms with Gasteiger partial charge in [-0.1, -0.05) is 6.07 Å². The molecule has 1 amide bonds. The molecule has 0 aromatic carbocycles. The second-order valence-electron chi connectivity index (χ2n) is 6.78. The van der Waals surface area contributed by atoms with Crippen LogP contribution in [0.4, 0.5) is 9.93 Å². The van der Waals surface area contributed by atoms with Crippen LogP contribution in [-0.2, 0) is 4.74 Å². The maximum Gasteiger partial charge on any atom is 0.404 e. The summed E-state index contributed by atoms with van der Waals surface area (Å²) in [5.74, 6) is 0. The van der Waals surface area contributed by atoms with Crippen LogP contribution < -0.4 is 10.6 Å². The third-order valence-electron chi connectivity index (χ3n) is 3.73. The van der Waals surface area contributed by atoms with E-state index in [9.17, 15) is 4.79 Å². The van der Waals surface area contributed by atoms with Crippen LogP contribution in [0.3, 0.4) is 0 Å². The average molecular weight is 362 g/mol. The fourth-order valence-corrected chi connectivity index (χ4v) is 3.49. The molecule has 0 saturated heterocycles. The van der Waals surface area contributed by atoms with Crippen molar-refractivity contribution < 1.29 is 9.53 Å². The first-order valence-electron chi connectivity index (χ1n) is 8.45. The monoisotopic (exact) mass is 362 g/mol. The number of nitrogens with two attached hydrogens (primary N) is 1. The van der Waals surface area contributed by atoms with Crippen molar-refractivity contribution in [2.75, 3.05) is 18.1 Å². The highest BCUT2D eigenvalue weighted by atomic mass is 32.1. The molecule has 136 valence electrons. The van der Waals surface area contributed by atoms with Gasteiger partial charge >= 0.3 is 6.09 Å². The van der Waals surface area contributed by atoms with Gasteiger partial charge in [-0.15, -0.1) is 11.3 Å². The number of aromatic nitrogens is 2. The number of primary amides is 1. The molecular formula is C18H26N4O2S. The van der Waals surface area contributed by atoms with Gasteiger partial charge in [-0.05, 0) is 52.2 Å². The van der Waals surface area contributed by atoms with Crippen molar-refractivity contribution in [2.24, 2.45) is 5.73 Å². The zero-order valence-electron chi connectivity index (χ0n) is 15.1. The Morgan fingerprint density at radius 1 is 1.24 bits per heavy atom. The molecule has 25 heavy (non-hydrogen) atoms. The van der Waals surface area contributed by atoms with Gasteiger partial charge in [-0.3, -0.25) is 4.98 Å². The molecule has 2 rings (SSSR count). The number of unbranched alkanes of at least 4 members (excludes halogenated alkanes) is 2. The number of carbonyl (C=O) groups is 1. The van der Waals surface area contributed by atoms with Crippen molar-refractivity contribution in [1.82, 2.24) is 9.97 Å². The second-order valence-corrected chi connectivity index (χ2v) is 7.62. The van der Waals surface area contributed by atoms with Crippen molar-refractivity contribution >= 4 is 22.6 Å². The highest BCUT2D eigenvalue weighted by molar-refractivity contribution is 7.14. The summed E-state index contributed by atoms with van der Waals surface area (Å²) >= 11 is 1.64. The molecule has 2 N–H and O–H groups in total. The Morgan fingerprint density at radius 2 is 2.04 bits per heavy atom. The van der Waals surface area contributed by atoms with Crippen molar-refractivity contribution in [3.8, 4) is 11.4 Å². The Labute approximate surface area is 153 Å². The van der Waals surface area contributed by atoms with Crippen LogP contribution in [0.15, 0.2) is 29.8 Å². The number of amides is 1. The predicted molar refractivity (Wildman–Crippen MR) is 102 cm³/mol. The molecule has 0 saturated carbocycles. The minimum atomic E-state index is -0.707. The summed E-state index contributed by atoms with van der Waals surface area (Å²) < 4.78 is 4.76. The number of rotatable bonds is 8. The lowest BCUT2D eigenvalue weighted by Crippen LogP contribution is -2.42. The predicted octanol–water partition coefficient (Wildman–Crippen LogP) is 4.08. The SMILES string of the molecule is CC(C)(C)N(CCCCCOC(N)=O)c1nc(-c2ccccn2)cs1. The molecule has 7 heteroatoms. The summed E-state index contributed by atoms with van der Waals surface area (Å²) in [6.45, 7) is 7.84. The molecule has 0 spiro atoms. The lowest BCUT2D eigenvalue weighted by molar-refractivity contribution is 0.154. The molecule has 0 aliphatic rings. The van der Waals surface area contributed by atoms with Gasteiger partial charge in [-0.25, -0.2) is 9.78 Å². The minimum absolute atomic E-state index is 0.0248. The van der Waals surface area contributed by atoms with Gasteiger partial charge in [0.1, 0.15) is 5.69 Å². The first-order chi connectivity index (χ1) is 11.9. The van der Waals surface area contributed by atoms with E-state index in [1.54, 1.807) is 17.5 Å². The molecule has 0 unspecified atom stereocenters. The fourth-order valence-electron chi connectivity index (χ4n) is 2.46. The van der Waals surface area contributed by atoms with E-state index in [-0.39, 0.29) is 5.54 Å². The first kappa shape index (κ1) is 19.2. The maximum atomic E-state index is 10.6. The molecule has 0 fully saturated rings. The van der Waals surface area contributed by atoms with Crippen molar-refractivity contribution in [1.29, 1.82) is 0 Å². The molecule has 0 aliphatic heterocycles. The topological polar surface area (TPSA) is 81.3 Å². The lowest BCUT2D eigenvalue weighted by atomic mass is 10.1. The van der Waals surface area contributed by atoms with E-state index in [4.69, 9.17) is 15.5 Å². The lowest BCUT2D eigenvalue weighted by Gasteiger charge is -2.35. The van der Waals surface area contributed by atoms with Crippen molar-refractivity contribution in [3.05, 3.63) is 29.8 Å². The van der Waals surface area contributed by atoms with E-state index in [1.165, 1.54) is 0 Å². The first-order valence-corrected chi connectivity index (χ1v) is 9.32. The molecule has 6 nitrogen and oxygen atoms in total. The Balaban J connectivity index is 1.96. The molecule has 0 atom stereocenters. The highest BCUT2D eigenvalue weighted by Crippen LogP contribution is 2.31. The van der Waals surface area contributed by atoms with Gasteiger partial charge in [0.05, 0.1) is 12.3 Å². The molecular weight excluding hydrogens is 336 g/mol. The van der Waals surface area contributed by atoms with Crippen LogP contribution in [0.1, 0.15) is 40.0 Å². The zero-order chi connectivity index (χ0) is 18.3. The molecule has 0 radical (unpaired) electrons. The number of nitrogens with zero attached hydrogens (tertiary/aromatic N) is 3. The smallest absolute Gasteiger partial charge is 0.404 e. The van der Waals surface area contributed by atoms with Gasteiger partial charge in [0.15, 0.2) is 5.13 Å². The molecule has 0 bridgehead atoms. The van der Waals surface area contributed by atoms with E-state index >= 15 is 0 Å². The van der Waals surface area contributed by atoms with Crippen molar-refractivity contribution in [3.63, 3.8) is 0 Å². The van der Waals surface area contributed by atoms with Gasteiger partial charge < -0.3 is 15.4 Å². The minimum Gasteiger partial charge on any atom is -0.450 e. The van der Waals surface area contributed by atoms with Crippen LogP contribution in [0, 0.1) is 0 Å². The van der Waals surface area contributed by atoms with Gasteiger partial charge in [0, 0.05) is 23.7 Å². The van der Waals surface area contributed by atoms with Crippen molar-refractivity contribution in [2.45, 2.75) is 45.6 Å². The summed E-state index contributed by atoms with van der Waals surface area (Å²) in [4.78, 5) is 22.0. The molecule has 2 aromatic heterocycles.